The van der Waals surface area contributed by atoms with Crippen LogP contribution in [0, 0.1) is 6.92 Å². The Labute approximate surface area is 185 Å². The van der Waals surface area contributed by atoms with E-state index < -0.39 is 0 Å². The van der Waals surface area contributed by atoms with Crippen molar-refractivity contribution in [3.05, 3.63) is 66.1 Å². The first-order valence-corrected chi connectivity index (χ1v) is 10.3. The molecule has 0 aliphatic carbocycles. The molecule has 7 nitrogen and oxygen atoms in total. The number of nitrogen functional groups attached to an aromatic ring is 2. The summed E-state index contributed by atoms with van der Waals surface area (Å²) in [6.07, 6.45) is 4.23. The minimum atomic E-state index is 0.422. The van der Waals surface area contributed by atoms with Crippen molar-refractivity contribution in [1.29, 1.82) is 0 Å². The lowest BCUT2D eigenvalue weighted by atomic mass is 9.99. The predicted octanol–water partition coefficient (Wildman–Crippen LogP) is 4.43. The van der Waals surface area contributed by atoms with Crippen LogP contribution in [-0.4, -0.2) is 28.7 Å². The van der Waals surface area contributed by atoms with Gasteiger partial charge in [-0.1, -0.05) is 12.1 Å². The van der Waals surface area contributed by atoms with Crippen LogP contribution in [0.25, 0.3) is 32.6 Å². The van der Waals surface area contributed by atoms with E-state index in [1.165, 1.54) is 0 Å². The number of aryl methyl sites for hydroxylation is 1. The number of benzene rings is 2. The molecule has 0 fully saturated rings. The smallest absolute Gasteiger partial charge is 0.163 e. The van der Waals surface area contributed by atoms with Gasteiger partial charge in [0.2, 0.25) is 0 Å². The number of nitrogens with zero attached hydrogens (tertiary/aromatic N) is 3. The van der Waals surface area contributed by atoms with Gasteiger partial charge in [0.25, 0.3) is 0 Å². The van der Waals surface area contributed by atoms with Crippen LogP contribution in [0.15, 0.2) is 54.9 Å². The molecule has 0 saturated carbocycles. The number of anilines is 2. The first-order chi connectivity index (χ1) is 15.6. The Balaban J connectivity index is 1.64. The SMILES string of the molecule is COc1cc2c(cc1OCCc1ccccn1)ncc1c(N)nc3c(C)c(N)ccc3c12. The molecule has 0 atom stereocenters. The van der Waals surface area contributed by atoms with Crippen molar-refractivity contribution in [3.63, 3.8) is 0 Å². The highest BCUT2D eigenvalue weighted by atomic mass is 16.5. The van der Waals surface area contributed by atoms with E-state index in [9.17, 15) is 0 Å². The highest BCUT2D eigenvalue weighted by molar-refractivity contribution is 6.21. The van der Waals surface area contributed by atoms with Crippen molar-refractivity contribution >= 4 is 44.1 Å². The number of hydrogen-bond acceptors (Lipinski definition) is 7. The minimum absolute atomic E-state index is 0.422. The summed E-state index contributed by atoms with van der Waals surface area (Å²) in [5.41, 5.74) is 16.5. The molecular formula is C25H23N5O2. The fourth-order valence-electron chi connectivity index (χ4n) is 4.01. The van der Waals surface area contributed by atoms with Crippen molar-refractivity contribution in [3.8, 4) is 11.5 Å². The lowest BCUT2D eigenvalue weighted by Crippen LogP contribution is -2.04. The van der Waals surface area contributed by atoms with E-state index in [0.717, 1.165) is 43.8 Å². The van der Waals surface area contributed by atoms with Gasteiger partial charge in [-0.25, -0.2) is 4.98 Å². The van der Waals surface area contributed by atoms with E-state index in [0.29, 0.717) is 36.0 Å². The molecule has 3 heterocycles. The van der Waals surface area contributed by atoms with Crippen LogP contribution in [-0.2, 0) is 6.42 Å². The van der Waals surface area contributed by atoms with E-state index >= 15 is 0 Å². The van der Waals surface area contributed by atoms with Gasteiger partial charge in [-0.05, 0) is 36.8 Å². The fraction of sp³-hybridized carbons (Fsp3) is 0.160. The molecule has 0 bridgehead atoms. The molecule has 4 N–H and O–H groups in total. The molecule has 2 aromatic carbocycles. The number of rotatable bonds is 5. The first kappa shape index (κ1) is 19.8. The summed E-state index contributed by atoms with van der Waals surface area (Å²) in [5, 5.41) is 3.65. The van der Waals surface area contributed by atoms with Crippen LogP contribution in [0.4, 0.5) is 11.5 Å². The lowest BCUT2D eigenvalue weighted by Gasteiger charge is -2.15. The summed E-state index contributed by atoms with van der Waals surface area (Å²) in [6, 6.07) is 13.6. The third-order valence-electron chi connectivity index (χ3n) is 5.75. The monoisotopic (exact) mass is 425 g/mol. The first-order valence-electron chi connectivity index (χ1n) is 10.3. The Morgan fingerprint density at radius 1 is 0.938 bits per heavy atom. The highest BCUT2D eigenvalue weighted by Crippen LogP contribution is 2.39. The third kappa shape index (κ3) is 3.28. The summed E-state index contributed by atoms with van der Waals surface area (Å²) in [6.45, 7) is 2.43. The van der Waals surface area contributed by atoms with Crippen molar-refractivity contribution in [2.24, 2.45) is 0 Å². The molecule has 160 valence electrons. The second kappa shape index (κ2) is 7.85. The standard InChI is InChI=1S/C25H23N5O2/c1-14-19(26)7-6-16-23-17-11-21(31-2)22(32-10-8-15-5-3-4-9-28-15)12-20(17)29-13-18(23)25(27)30-24(14)16/h3-7,9,11-13H,8,10,26H2,1-2H3,(H2,27,30). The molecule has 5 aromatic rings. The number of hydrogen-bond donors (Lipinski definition) is 2. The normalized spacial score (nSPS) is 11.3. The van der Waals surface area contributed by atoms with Gasteiger partial charge in [0.1, 0.15) is 5.82 Å². The van der Waals surface area contributed by atoms with Crippen molar-refractivity contribution in [2.45, 2.75) is 13.3 Å². The number of fused-ring (bicyclic) bond motifs is 5. The average molecular weight is 425 g/mol. The van der Waals surface area contributed by atoms with E-state index in [2.05, 4.69) is 15.0 Å². The topological polar surface area (TPSA) is 109 Å². The zero-order valence-electron chi connectivity index (χ0n) is 17.9. The minimum Gasteiger partial charge on any atom is -0.493 e. The van der Waals surface area contributed by atoms with Crippen LogP contribution >= 0.6 is 0 Å². The maximum atomic E-state index is 6.30. The zero-order chi connectivity index (χ0) is 22.2. The van der Waals surface area contributed by atoms with Gasteiger partial charge in [0.15, 0.2) is 11.5 Å². The summed E-state index contributed by atoms with van der Waals surface area (Å²) >= 11 is 0. The zero-order valence-corrected chi connectivity index (χ0v) is 17.9. The van der Waals surface area contributed by atoms with E-state index in [1.807, 2.05) is 49.4 Å². The second-order valence-corrected chi connectivity index (χ2v) is 7.66. The summed E-state index contributed by atoms with van der Waals surface area (Å²) < 4.78 is 11.7. The third-order valence-corrected chi connectivity index (χ3v) is 5.75. The van der Waals surface area contributed by atoms with Gasteiger partial charge >= 0.3 is 0 Å². The Morgan fingerprint density at radius 3 is 2.59 bits per heavy atom. The molecule has 32 heavy (non-hydrogen) atoms. The van der Waals surface area contributed by atoms with Crippen LogP contribution in [0.3, 0.4) is 0 Å². The molecule has 0 unspecified atom stereocenters. The molecule has 0 spiro atoms. The number of aromatic nitrogens is 3. The summed E-state index contributed by atoms with van der Waals surface area (Å²) in [5.74, 6) is 1.68. The van der Waals surface area contributed by atoms with Crippen LogP contribution in [0.2, 0.25) is 0 Å². The van der Waals surface area contributed by atoms with Crippen molar-refractivity contribution < 1.29 is 9.47 Å². The quantitative estimate of drug-likeness (QED) is 0.316. The lowest BCUT2D eigenvalue weighted by molar-refractivity contribution is 0.297. The summed E-state index contributed by atoms with van der Waals surface area (Å²) in [4.78, 5) is 13.6. The maximum absolute atomic E-state index is 6.30. The Morgan fingerprint density at radius 2 is 1.81 bits per heavy atom. The van der Waals surface area contributed by atoms with Gasteiger partial charge in [0, 0.05) is 57.8 Å². The molecule has 0 amide bonds. The molecule has 0 aliphatic heterocycles. The van der Waals surface area contributed by atoms with Gasteiger partial charge in [-0.2, -0.15) is 0 Å². The Hall–Kier alpha value is -4.13. The largest absolute Gasteiger partial charge is 0.493 e. The Bertz CT molecular complexity index is 1470. The van der Waals surface area contributed by atoms with Crippen LogP contribution in [0.5, 0.6) is 11.5 Å². The van der Waals surface area contributed by atoms with E-state index in [1.54, 1.807) is 19.5 Å². The number of methoxy groups -OCH3 is 1. The number of ether oxygens (including phenoxy) is 2. The molecule has 3 aromatic heterocycles. The Kier molecular flexibility index (Phi) is 4.86. The molecule has 7 heteroatoms. The maximum Gasteiger partial charge on any atom is 0.163 e. The van der Waals surface area contributed by atoms with Gasteiger partial charge in [-0.15, -0.1) is 0 Å². The molecule has 0 aliphatic rings. The molecule has 5 rings (SSSR count). The van der Waals surface area contributed by atoms with Crippen molar-refractivity contribution in [1.82, 2.24) is 15.0 Å². The molecule has 0 radical (unpaired) electrons. The van der Waals surface area contributed by atoms with Crippen LogP contribution < -0.4 is 20.9 Å². The summed E-state index contributed by atoms with van der Waals surface area (Å²) in [7, 11) is 1.63. The van der Waals surface area contributed by atoms with Gasteiger partial charge < -0.3 is 20.9 Å². The average Bonchev–Trinajstić information content (AvgIpc) is 2.81. The predicted molar refractivity (Wildman–Crippen MR) is 128 cm³/mol. The fourth-order valence-corrected chi connectivity index (χ4v) is 4.01. The van der Waals surface area contributed by atoms with Gasteiger partial charge in [0.05, 0.1) is 24.8 Å². The van der Waals surface area contributed by atoms with Crippen molar-refractivity contribution in [2.75, 3.05) is 25.2 Å². The molecule has 0 saturated heterocycles. The number of pyridine rings is 3. The van der Waals surface area contributed by atoms with Crippen LogP contribution in [0.1, 0.15) is 11.3 Å². The molecular weight excluding hydrogens is 402 g/mol. The van der Waals surface area contributed by atoms with E-state index in [4.69, 9.17) is 20.9 Å². The number of nitrogens with two attached hydrogens (primary N) is 2. The van der Waals surface area contributed by atoms with Gasteiger partial charge in [-0.3, -0.25) is 9.97 Å². The van der Waals surface area contributed by atoms with E-state index in [-0.39, 0.29) is 0 Å². The second-order valence-electron chi connectivity index (χ2n) is 7.66. The highest BCUT2D eigenvalue weighted by Gasteiger charge is 2.16.